The zero-order valence-electron chi connectivity index (χ0n) is 15.6. The number of amides is 1. The number of ether oxygens (including phenoxy) is 1. The maximum Gasteiger partial charge on any atom is 0.228 e. The van der Waals surface area contributed by atoms with Gasteiger partial charge < -0.3 is 14.5 Å². The molecule has 0 unspecified atom stereocenters. The lowest BCUT2D eigenvalue weighted by Gasteiger charge is -2.09. The maximum atomic E-state index is 12.4. The van der Waals surface area contributed by atoms with Crippen LogP contribution in [0, 0.1) is 6.92 Å². The number of nitrogens with zero attached hydrogens (tertiary/aromatic N) is 2. The molecule has 0 radical (unpaired) electrons. The van der Waals surface area contributed by atoms with E-state index in [0.29, 0.717) is 24.5 Å². The van der Waals surface area contributed by atoms with Crippen LogP contribution in [-0.2, 0) is 17.8 Å². The highest BCUT2D eigenvalue weighted by atomic mass is 16.5. The predicted molar refractivity (Wildman–Crippen MR) is 109 cm³/mol. The fourth-order valence-corrected chi connectivity index (χ4v) is 3.06. The molecule has 2 aromatic carbocycles. The van der Waals surface area contributed by atoms with Gasteiger partial charge in [0.25, 0.3) is 0 Å². The number of hydrogen-bond donors (Lipinski definition) is 1. The summed E-state index contributed by atoms with van der Waals surface area (Å²) in [6.45, 7) is 2.37. The van der Waals surface area contributed by atoms with Gasteiger partial charge in [-0.2, -0.15) is 0 Å². The lowest BCUT2D eigenvalue weighted by Crippen LogP contribution is -2.15. The van der Waals surface area contributed by atoms with Crippen LogP contribution in [0.5, 0.6) is 5.75 Å². The van der Waals surface area contributed by atoms with E-state index in [4.69, 9.17) is 4.74 Å². The van der Waals surface area contributed by atoms with Gasteiger partial charge in [-0.05, 0) is 42.3 Å². The lowest BCUT2D eigenvalue weighted by atomic mass is 10.1. The average molecular weight is 371 g/mol. The van der Waals surface area contributed by atoms with Crippen LogP contribution in [-0.4, -0.2) is 15.3 Å². The first-order valence-corrected chi connectivity index (χ1v) is 9.17. The molecule has 140 valence electrons. The number of pyridine rings is 1. The third-order valence-corrected chi connectivity index (χ3v) is 4.53. The van der Waals surface area contributed by atoms with Gasteiger partial charge in [0.15, 0.2) is 0 Å². The molecule has 1 N–H and O–H groups in total. The number of imidazole rings is 1. The van der Waals surface area contributed by atoms with Crippen molar-refractivity contribution in [1.29, 1.82) is 0 Å². The Labute approximate surface area is 163 Å². The van der Waals surface area contributed by atoms with Crippen LogP contribution in [0.15, 0.2) is 79.1 Å². The van der Waals surface area contributed by atoms with E-state index in [1.54, 1.807) is 0 Å². The number of aryl methyl sites for hydroxylation is 1. The summed E-state index contributed by atoms with van der Waals surface area (Å²) in [5, 5.41) is 2.94. The minimum atomic E-state index is -0.0493. The van der Waals surface area contributed by atoms with Crippen molar-refractivity contribution in [2.24, 2.45) is 0 Å². The first-order chi connectivity index (χ1) is 13.7. The van der Waals surface area contributed by atoms with Crippen molar-refractivity contribution in [3.05, 3.63) is 95.9 Å². The second-order valence-corrected chi connectivity index (χ2v) is 6.67. The van der Waals surface area contributed by atoms with E-state index >= 15 is 0 Å². The second-order valence-electron chi connectivity index (χ2n) is 6.67. The summed E-state index contributed by atoms with van der Waals surface area (Å²) in [7, 11) is 0. The number of hydrogen-bond acceptors (Lipinski definition) is 3. The standard InChI is InChI=1S/C23H21N3O2/c1-17-7-2-3-8-18(17)13-23(27)25-19-9-6-10-21(14-19)28-16-20-15-26-12-5-4-11-22(26)24-20/h2-12,14-15H,13,16H2,1H3,(H,25,27). The molecule has 0 atom stereocenters. The van der Waals surface area contributed by atoms with E-state index in [0.717, 1.165) is 22.5 Å². The quantitative estimate of drug-likeness (QED) is 0.546. The Morgan fingerprint density at radius 3 is 2.79 bits per heavy atom. The summed E-state index contributed by atoms with van der Waals surface area (Å²) < 4.78 is 7.81. The largest absolute Gasteiger partial charge is 0.487 e. The Hall–Kier alpha value is -3.60. The number of carbonyl (C=O) groups excluding carboxylic acids is 1. The number of benzene rings is 2. The number of aromatic nitrogens is 2. The summed E-state index contributed by atoms with van der Waals surface area (Å²) >= 11 is 0. The molecule has 0 fully saturated rings. The number of anilines is 1. The fourth-order valence-electron chi connectivity index (χ4n) is 3.06. The highest BCUT2D eigenvalue weighted by molar-refractivity contribution is 5.92. The molecule has 4 rings (SSSR count). The number of carbonyl (C=O) groups is 1. The zero-order chi connectivity index (χ0) is 19.3. The van der Waals surface area contributed by atoms with Crippen molar-refractivity contribution in [2.75, 3.05) is 5.32 Å². The van der Waals surface area contributed by atoms with Gasteiger partial charge >= 0.3 is 0 Å². The molecule has 0 saturated carbocycles. The highest BCUT2D eigenvalue weighted by Gasteiger charge is 2.07. The third kappa shape index (κ3) is 4.20. The van der Waals surface area contributed by atoms with Crippen LogP contribution in [0.1, 0.15) is 16.8 Å². The summed E-state index contributed by atoms with van der Waals surface area (Å²) in [6, 6.07) is 21.2. The van der Waals surface area contributed by atoms with Crippen molar-refractivity contribution < 1.29 is 9.53 Å². The third-order valence-electron chi connectivity index (χ3n) is 4.53. The zero-order valence-corrected chi connectivity index (χ0v) is 15.6. The van der Waals surface area contributed by atoms with E-state index < -0.39 is 0 Å². The first kappa shape index (κ1) is 17.8. The Balaban J connectivity index is 1.38. The summed E-state index contributed by atoms with van der Waals surface area (Å²) in [4.78, 5) is 16.9. The van der Waals surface area contributed by atoms with Gasteiger partial charge in [0.05, 0.1) is 12.1 Å². The van der Waals surface area contributed by atoms with Crippen molar-refractivity contribution >= 4 is 17.2 Å². The molecule has 0 aliphatic rings. The average Bonchev–Trinajstić information content (AvgIpc) is 3.11. The lowest BCUT2D eigenvalue weighted by molar-refractivity contribution is -0.115. The summed E-state index contributed by atoms with van der Waals surface area (Å²) in [5.74, 6) is 0.637. The van der Waals surface area contributed by atoms with Crippen molar-refractivity contribution in [1.82, 2.24) is 9.38 Å². The van der Waals surface area contributed by atoms with E-state index in [2.05, 4.69) is 10.3 Å². The topological polar surface area (TPSA) is 55.6 Å². The van der Waals surface area contributed by atoms with Crippen molar-refractivity contribution in [3.8, 4) is 5.75 Å². The molecule has 0 saturated heterocycles. The van der Waals surface area contributed by atoms with E-state index in [9.17, 15) is 4.79 Å². The SMILES string of the molecule is Cc1ccccc1CC(=O)Nc1cccc(OCc2cn3ccccc3n2)c1. The van der Waals surface area contributed by atoms with Gasteiger partial charge in [-0.1, -0.05) is 36.4 Å². The summed E-state index contributed by atoms with van der Waals surface area (Å²) in [5.41, 5.74) is 4.59. The smallest absolute Gasteiger partial charge is 0.228 e. The molecular weight excluding hydrogens is 350 g/mol. The van der Waals surface area contributed by atoms with Crippen LogP contribution in [0.3, 0.4) is 0 Å². The van der Waals surface area contributed by atoms with Crippen molar-refractivity contribution in [2.45, 2.75) is 20.0 Å². The molecule has 0 aliphatic carbocycles. The minimum absolute atomic E-state index is 0.0493. The van der Waals surface area contributed by atoms with E-state index in [-0.39, 0.29) is 5.91 Å². The van der Waals surface area contributed by atoms with E-state index in [1.165, 1.54) is 0 Å². The van der Waals surface area contributed by atoms with Gasteiger partial charge in [-0.25, -0.2) is 4.98 Å². The fraction of sp³-hybridized carbons (Fsp3) is 0.130. The Morgan fingerprint density at radius 2 is 1.93 bits per heavy atom. The second kappa shape index (κ2) is 7.96. The molecule has 0 aliphatic heterocycles. The van der Waals surface area contributed by atoms with Crippen molar-refractivity contribution in [3.63, 3.8) is 0 Å². The number of rotatable bonds is 6. The minimum Gasteiger partial charge on any atom is -0.487 e. The molecule has 2 aromatic heterocycles. The monoisotopic (exact) mass is 371 g/mol. The van der Waals surface area contributed by atoms with Gasteiger partial charge in [0, 0.05) is 24.1 Å². The van der Waals surface area contributed by atoms with Crippen LogP contribution in [0.4, 0.5) is 5.69 Å². The predicted octanol–water partition coefficient (Wildman–Crippen LogP) is 4.40. The van der Waals surface area contributed by atoms with Gasteiger partial charge in [0.2, 0.25) is 5.91 Å². The maximum absolute atomic E-state index is 12.4. The summed E-state index contributed by atoms with van der Waals surface area (Å²) in [6.07, 6.45) is 4.25. The molecule has 0 bridgehead atoms. The van der Waals surface area contributed by atoms with Gasteiger partial charge in [-0.3, -0.25) is 4.79 Å². The highest BCUT2D eigenvalue weighted by Crippen LogP contribution is 2.19. The van der Waals surface area contributed by atoms with Gasteiger partial charge in [-0.15, -0.1) is 0 Å². The molecule has 0 spiro atoms. The van der Waals surface area contributed by atoms with Crippen LogP contribution in [0.25, 0.3) is 5.65 Å². The van der Waals surface area contributed by atoms with E-state index in [1.807, 2.05) is 90.4 Å². The number of nitrogens with one attached hydrogen (secondary N) is 1. The molecule has 4 aromatic rings. The first-order valence-electron chi connectivity index (χ1n) is 9.17. The Bertz CT molecular complexity index is 1080. The normalized spacial score (nSPS) is 10.8. The molecule has 5 nitrogen and oxygen atoms in total. The molecule has 28 heavy (non-hydrogen) atoms. The van der Waals surface area contributed by atoms with Crippen LogP contribution >= 0.6 is 0 Å². The molecule has 5 heteroatoms. The molecule has 2 heterocycles. The Morgan fingerprint density at radius 1 is 1.07 bits per heavy atom. The van der Waals surface area contributed by atoms with Gasteiger partial charge in [0.1, 0.15) is 18.0 Å². The molecular formula is C23H21N3O2. The number of fused-ring (bicyclic) bond motifs is 1. The molecule has 1 amide bonds. The van der Waals surface area contributed by atoms with Crippen LogP contribution in [0.2, 0.25) is 0 Å². The Kier molecular flexibility index (Phi) is 5.06. The van der Waals surface area contributed by atoms with Crippen LogP contribution < -0.4 is 10.1 Å².